The number of carbonyl (C=O) groups is 4. The Balaban J connectivity index is 0.840. The summed E-state index contributed by atoms with van der Waals surface area (Å²) in [5, 5.41) is 3.12. The van der Waals surface area contributed by atoms with Crippen LogP contribution in [0.25, 0.3) is 16.6 Å². The molecule has 9 rings (SSSR count). The minimum Gasteiger partial charge on any atom is -0.371 e. The van der Waals surface area contributed by atoms with Crippen molar-refractivity contribution in [1.29, 1.82) is 0 Å². The van der Waals surface area contributed by atoms with Crippen LogP contribution < -0.4 is 15.8 Å². The Bertz CT molecular complexity index is 2270. The lowest BCUT2D eigenvalue weighted by atomic mass is 9.83. The lowest BCUT2D eigenvalue weighted by Gasteiger charge is -2.44. The van der Waals surface area contributed by atoms with Gasteiger partial charge in [-0.1, -0.05) is 29.8 Å². The van der Waals surface area contributed by atoms with Crippen LogP contribution in [0.5, 0.6) is 0 Å². The maximum Gasteiger partial charge on any atom is 0.282 e. The first-order valence-electron chi connectivity index (χ1n) is 17.7. The number of piperidine rings is 2. The van der Waals surface area contributed by atoms with Gasteiger partial charge in [-0.2, -0.15) is 4.98 Å². The summed E-state index contributed by atoms with van der Waals surface area (Å²) in [6, 6.07) is 16.7. The van der Waals surface area contributed by atoms with Crippen LogP contribution >= 0.6 is 11.6 Å². The van der Waals surface area contributed by atoms with Crippen LogP contribution in [0.4, 0.5) is 5.69 Å². The second-order valence-electron chi connectivity index (χ2n) is 15.1. The summed E-state index contributed by atoms with van der Waals surface area (Å²) < 4.78 is 2.13. The number of hydrogen-bond donors (Lipinski definition) is 1. The highest BCUT2D eigenvalue weighted by Crippen LogP contribution is 2.45. The fraction of sp³-hybridized carbons (Fsp3) is 0.385. The second kappa shape index (κ2) is 11.6. The average Bonchev–Trinajstić information content (AvgIpc) is 3.47. The van der Waals surface area contributed by atoms with Gasteiger partial charge in [-0.25, -0.2) is 0 Å². The van der Waals surface area contributed by atoms with E-state index in [1.807, 2.05) is 18.2 Å². The molecule has 4 amide bonds. The van der Waals surface area contributed by atoms with Crippen molar-refractivity contribution in [3.8, 4) is 5.69 Å². The molecule has 0 saturated carbocycles. The van der Waals surface area contributed by atoms with Crippen LogP contribution in [0.1, 0.15) is 83.1 Å². The highest BCUT2D eigenvalue weighted by atomic mass is 35.5. The Labute approximate surface area is 299 Å². The molecule has 1 aromatic heterocycles. The van der Waals surface area contributed by atoms with Crippen molar-refractivity contribution in [2.45, 2.75) is 56.9 Å². The van der Waals surface area contributed by atoms with Crippen molar-refractivity contribution in [3.05, 3.63) is 98.1 Å². The van der Waals surface area contributed by atoms with Gasteiger partial charge in [0.25, 0.3) is 17.4 Å². The minimum atomic E-state index is -0.966. The zero-order valence-electron chi connectivity index (χ0n) is 28.4. The molecule has 0 aliphatic carbocycles. The Morgan fingerprint density at radius 2 is 1.67 bits per heavy atom. The maximum atomic E-state index is 13.3. The highest BCUT2D eigenvalue weighted by molar-refractivity contribution is 6.35. The molecule has 51 heavy (non-hydrogen) atoms. The Morgan fingerprint density at radius 1 is 0.902 bits per heavy atom. The predicted molar refractivity (Wildman–Crippen MR) is 192 cm³/mol. The average molecular weight is 705 g/mol. The molecule has 0 spiro atoms. The molecule has 260 valence electrons. The van der Waals surface area contributed by atoms with Crippen molar-refractivity contribution in [1.82, 2.24) is 24.7 Å². The Kier molecular flexibility index (Phi) is 7.28. The number of nitrogens with zero attached hydrogens (tertiary/aromatic N) is 5. The van der Waals surface area contributed by atoms with Gasteiger partial charge in [0.1, 0.15) is 11.9 Å². The lowest BCUT2D eigenvalue weighted by Crippen LogP contribution is -2.54. The molecule has 12 heteroatoms. The molecule has 3 saturated heterocycles. The third kappa shape index (κ3) is 4.96. The zero-order chi connectivity index (χ0) is 35.3. The predicted octanol–water partition coefficient (Wildman–Crippen LogP) is 4.40. The molecule has 3 fully saturated rings. The van der Waals surface area contributed by atoms with Crippen molar-refractivity contribution >= 4 is 51.8 Å². The molecular formula is C39H37ClN6O5. The van der Waals surface area contributed by atoms with E-state index in [-0.39, 0.29) is 24.3 Å². The summed E-state index contributed by atoms with van der Waals surface area (Å²) in [6.45, 7) is 9.01. The summed E-state index contributed by atoms with van der Waals surface area (Å²) in [7, 11) is 0. The topological polar surface area (TPSA) is 125 Å². The molecule has 5 aliphatic heterocycles. The number of aromatic nitrogens is 2. The number of nitrogens with one attached hydrogen (secondary N) is 1. The van der Waals surface area contributed by atoms with Gasteiger partial charge in [0.2, 0.25) is 11.8 Å². The van der Waals surface area contributed by atoms with Crippen molar-refractivity contribution in [2.75, 3.05) is 37.6 Å². The number of benzene rings is 3. The fourth-order valence-corrected chi connectivity index (χ4v) is 9.14. The third-order valence-corrected chi connectivity index (χ3v) is 12.0. The van der Waals surface area contributed by atoms with E-state index in [0.29, 0.717) is 33.4 Å². The number of rotatable bonds is 5. The van der Waals surface area contributed by atoms with E-state index >= 15 is 0 Å². The molecule has 1 atom stereocenters. The number of amides is 4. The van der Waals surface area contributed by atoms with E-state index in [2.05, 4.69) is 56.7 Å². The fourth-order valence-electron chi connectivity index (χ4n) is 8.89. The van der Waals surface area contributed by atoms with Crippen molar-refractivity contribution in [2.24, 2.45) is 5.92 Å². The number of hydrogen-bond acceptors (Lipinski definition) is 8. The first kappa shape index (κ1) is 32.1. The number of likely N-dealkylation sites (tertiary alicyclic amines) is 1. The standard InChI is InChI=1S/C39H37ClN6O5/c1-39(2)27-9-6-23(16-31(27)45-29-5-3-4-28(40)33(29)35(49)42-38(39)45)22-12-14-43(15-13-22)18-21-19-44(20-21)24-7-8-25-26(17-24)37(51)46(36(25)50)30-10-11-32(47)41-34(30)48/h3-9,16-17,21-22,30H,10-15,18-20H2,1-2H3,(H,41,47,48). The molecule has 1 N–H and O–H groups in total. The quantitative estimate of drug-likeness (QED) is 0.304. The first-order valence-corrected chi connectivity index (χ1v) is 18.1. The van der Waals surface area contributed by atoms with Gasteiger partial charge in [0.05, 0.1) is 38.2 Å². The van der Waals surface area contributed by atoms with Crippen LogP contribution in [0.15, 0.2) is 59.4 Å². The van der Waals surface area contributed by atoms with Crippen molar-refractivity contribution < 1.29 is 19.2 Å². The molecule has 0 bridgehead atoms. The molecule has 0 radical (unpaired) electrons. The molecule has 3 aromatic carbocycles. The van der Waals surface area contributed by atoms with E-state index in [9.17, 15) is 24.0 Å². The van der Waals surface area contributed by atoms with Crippen LogP contribution in [-0.2, 0) is 15.0 Å². The number of halogens is 1. The summed E-state index contributed by atoms with van der Waals surface area (Å²) in [6.07, 6.45) is 2.36. The van der Waals surface area contributed by atoms with Crippen LogP contribution in [0, 0.1) is 5.92 Å². The summed E-state index contributed by atoms with van der Waals surface area (Å²) in [5.41, 5.74) is 5.14. The number of imide groups is 2. The van der Waals surface area contributed by atoms with E-state index in [1.54, 1.807) is 18.2 Å². The van der Waals surface area contributed by atoms with Gasteiger partial charge in [-0.15, -0.1) is 0 Å². The van der Waals surface area contributed by atoms with Crippen LogP contribution in [0.2, 0.25) is 5.02 Å². The van der Waals surface area contributed by atoms with E-state index < -0.39 is 29.2 Å². The maximum absolute atomic E-state index is 13.3. The number of carbonyl (C=O) groups excluding carboxylic acids is 4. The van der Waals surface area contributed by atoms with E-state index in [1.165, 1.54) is 5.56 Å². The molecular weight excluding hydrogens is 668 g/mol. The lowest BCUT2D eigenvalue weighted by molar-refractivity contribution is -0.136. The van der Waals surface area contributed by atoms with Gasteiger partial charge in [0, 0.05) is 37.7 Å². The number of anilines is 1. The summed E-state index contributed by atoms with van der Waals surface area (Å²) in [5.74, 6) is -0.276. The monoisotopic (exact) mass is 704 g/mol. The SMILES string of the molecule is CC1(C)c2ccc(C3CCN(CC4CN(c5ccc6c(c5)C(=O)N(C5CCC(=O)NC5=O)C6=O)C4)CC3)cc2-n2c1nc(=O)c1c(Cl)cccc12. The third-order valence-electron chi connectivity index (χ3n) is 11.7. The van der Waals surface area contributed by atoms with Gasteiger partial charge >= 0.3 is 0 Å². The molecule has 6 heterocycles. The van der Waals surface area contributed by atoms with Gasteiger partial charge in [-0.05, 0) is 99.6 Å². The molecule has 1 unspecified atom stereocenters. The van der Waals surface area contributed by atoms with Gasteiger partial charge in [0.15, 0.2) is 0 Å². The van der Waals surface area contributed by atoms with Crippen molar-refractivity contribution in [3.63, 3.8) is 0 Å². The molecule has 11 nitrogen and oxygen atoms in total. The molecule has 5 aliphatic rings. The minimum absolute atomic E-state index is 0.0965. The zero-order valence-corrected chi connectivity index (χ0v) is 29.2. The highest BCUT2D eigenvalue weighted by Gasteiger charge is 2.45. The smallest absolute Gasteiger partial charge is 0.282 e. The van der Waals surface area contributed by atoms with E-state index in [0.717, 1.165) is 78.7 Å². The summed E-state index contributed by atoms with van der Waals surface area (Å²) in [4.78, 5) is 73.7. The van der Waals surface area contributed by atoms with E-state index in [4.69, 9.17) is 11.6 Å². The Hall–Kier alpha value is -4.87. The summed E-state index contributed by atoms with van der Waals surface area (Å²) >= 11 is 6.48. The Morgan fingerprint density at radius 3 is 2.43 bits per heavy atom. The molecule has 4 aromatic rings. The largest absolute Gasteiger partial charge is 0.371 e. The van der Waals surface area contributed by atoms with Gasteiger partial charge < -0.3 is 9.80 Å². The normalized spacial score (nSPS) is 21.9. The first-order chi connectivity index (χ1) is 24.5. The second-order valence-corrected chi connectivity index (χ2v) is 15.5. The van der Waals surface area contributed by atoms with Crippen LogP contribution in [0.3, 0.4) is 0 Å². The van der Waals surface area contributed by atoms with Crippen LogP contribution in [-0.4, -0.2) is 81.7 Å². The van der Waals surface area contributed by atoms with Gasteiger partial charge in [-0.3, -0.25) is 38.8 Å². The number of fused-ring (bicyclic) bond motifs is 6.